The third kappa shape index (κ3) is 7.32. The molecule has 38 heavy (non-hydrogen) atoms. The van der Waals surface area contributed by atoms with Gasteiger partial charge in [0.05, 0.1) is 29.7 Å². The summed E-state index contributed by atoms with van der Waals surface area (Å²) in [6.07, 6.45) is -0.473. The average Bonchev–Trinajstić information content (AvgIpc) is 3.33. The number of benzene rings is 3. The molecule has 0 spiro atoms. The molecule has 9 heteroatoms. The maximum Gasteiger partial charge on any atom is 0.228 e. The Balaban J connectivity index is 1.39. The SMILES string of the molecule is O=C(Cc1ccc(F)cc1)Nc1cc([C@H]2CN(C(=O)CC(O)Cc3ccc(Cl)cc3)C[C@@H]2CO)ccc1Cl. The fraction of sp³-hybridized carbons (Fsp3) is 0.310. The van der Waals surface area contributed by atoms with Gasteiger partial charge in [0.1, 0.15) is 5.82 Å². The Hall–Kier alpha value is -2.97. The third-order valence-electron chi connectivity index (χ3n) is 6.79. The highest BCUT2D eigenvalue weighted by Gasteiger charge is 2.36. The molecule has 200 valence electrons. The first-order valence-corrected chi connectivity index (χ1v) is 13.1. The summed E-state index contributed by atoms with van der Waals surface area (Å²) in [5, 5.41) is 24.3. The summed E-state index contributed by atoms with van der Waals surface area (Å²) in [4.78, 5) is 27.2. The van der Waals surface area contributed by atoms with Gasteiger partial charge >= 0.3 is 0 Å². The molecule has 1 unspecified atom stereocenters. The lowest BCUT2D eigenvalue weighted by Gasteiger charge is -2.19. The van der Waals surface area contributed by atoms with Crippen LogP contribution in [0, 0.1) is 11.7 Å². The number of aliphatic hydroxyl groups is 2. The van der Waals surface area contributed by atoms with Crippen LogP contribution in [0.2, 0.25) is 10.0 Å². The van der Waals surface area contributed by atoms with E-state index in [1.54, 1.807) is 41.3 Å². The van der Waals surface area contributed by atoms with Crippen LogP contribution in [0.5, 0.6) is 0 Å². The number of halogens is 3. The summed E-state index contributed by atoms with van der Waals surface area (Å²) in [6, 6.07) is 18.1. The van der Waals surface area contributed by atoms with E-state index in [2.05, 4.69) is 5.32 Å². The quantitative estimate of drug-likeness (QED) is 0.350. The zero-order valence-corrected chi connectivity index (χ0v) is 22.1. The van der Waals surface area contributed by atoms with Gasteiger partial charge in [0.15, 0.2) is 0 Å². The van der Waals surface area contributed by atoms with Crippen LogP contribution in [0.1, 0.15) is 29.0 Å². The number of likely N-dealkylation sites (tertiary alicyclic amines) is 1. The molecule has 3 aromatic carbocycles. The Morgan fingerprint density at radius 3 is 2.37 bits per heavy atom. The lowest BCUT2D eigenvalue weighted by molar-refractivity contribution is -0.132. The number of nitrogens with zero attached hydrogens (tertiary/aromatic N) is 1. The molecule has 4 rings (SSSR count). The highest BCUT2D eigenvalue weighted by Crippen LogP contribution is 2.36. The van der Waals surface area contributed by atoms with Crippen LogP contribution in [0.4, 0.5) is 10.1 Å². The van der Waals surface area contributed by atoms with Crippen LogP contribution in [0.25, 0.3) is 0 Å². The predicted molar refractivity (Wildman–Crippen MR) is 146 cm³/mol. The molecule has 3 aromatic rings. The van der Waals surface area contributed by atoms with Crippen LogP contribution < -0.4 is 5.32 Å². The monoisotopic (exact) mass is 558 g/mol. The summed E-state index contributed by atoms with van der Waals surface area (Å²) < 4.78 is 13.1. The smallest absolute Gasteiger partial charge is 0.228 e. The topological polar surface area (TPSA) is 89.9 Å². The maximum absolute atomic E-state index is 13.1. The molecule has 3 atom stereocenters. The predicted octanol–water partition coefficient (Wildman–Crippen LogP) is 4.84. The summed E-state index contributed by atoms with van der Waals surface area (Å²) >= 11 is 12.2. The van der Waals surface area contributed by atoms with Crippen molar-refractivity contribution in [1.29, 1.82) is 0 Å². The van der Waals surface area contributed by atoms with Crippen molar-refractivity contribution >= 4 is 40.7 Å². The fourth-order valence-electron chi connectivity index (χ4n) is 4.78. The maximum atomic E-state index is 13.1. The van der Waals surface area contributed by atoms with Crippen molar-refractivity contribution in [3.05, 3.63) is 99.3 Å². The molecule has 2 amide bonds. The third-order valence-corrected chi connectivity index (χ3v) is 7.38. The molecular weight excluding hydrogens is 530 g/mol. The minimum atomic E-state index is -0.839. The number of carbonyl (C=O) groups is 2. The molecule has 0 aromatic heterocycles. The largest absolute Gasteiger partial charge is 0.396 e. The van der Waals surface area contributed by atoms with E-state index in [-0.39, 0.29) is 48.9 Å². The Morgan fingerprint density at radius 2 is 1.68 bits per heavy atom. The molecule has 1 aliphatic rings. The van der Waals surface area contributed by atoms with Crippen molar-refractivity contribution < 1.29 is 24.2 Å². The first-order chi connectivity index (χ1) is 18.2. The zero-order chi connectivity index (χ0) is 27.2. The van der Waals surface area contributed by atoms with Gasteiger partial charge in [0.25, 0.3) is 0 Å². The van der Waals surface area contributed by atoms with Crippen molar-refractivity contribution in [3.63, 3.8) is 0 Å². The van der Waals surface area contributed by atoms with Crippen LogP contribution >= 0.6 is 23.2 Å². The van der Waals surface area contributed by atoms with E-state index in [0.717, 1.165) is 11.1 Å². The standard InChI is InChI=1S/C29H29Cl2FN2O4/c30-22-6-1-18(2-7-22)11-24(36)14-29(38)34-15-21(17-35)25(16-34)20-5-10-26(31)27(13-20)33-28(37)12-19-3-8-23(32)9-4-19/h1-10,13,21,24-25,35-36H,11-12,14-17H2,(H,33,37)/t21-,24?,25-/m1/s1. The van der Waals surface area contributed by atoms with E-state index in [4.69, 9.17) is 23.2 Å². The van der Waals surface area contributed by atoms with Crippen molar-refractivity contribution in [2.75, 3.05) is 25.0 Å². The van der Waals surface area contributed by atoms with Crippen molar-refractivity contribution in [2.24, 2.45) is 5.92 Å². The minimum absolute atomic E-state index is 0.0290. The second-order valence-corrected chi connectivity index (χ2v) is 10.5. The van der Waals surface area contributed by atoms with Gasteiger partial charge in [-0.1, -0.05) is 53.5 Å². The van der Waals surface area contributed by atoms with Gasteiger partial charge in [0, 0.05) is 36.6 Å². The second kappa shape index (κ2) is 12.7. The van der Waals surface area contributed by atoms with Crippen molar-refractivity contribution in [2.45, 2.75) is 31.3 Å². The van der Waals surface area contributed by atoms with E-state index >= 15 is 0 Å². The summed E-state index contributed by atoms with van der Waals surface area (Å²) in [5.74, 6) is -1.22. The van der Waals surface area contributed by atoms with Gasteiger partial charge in [-0.05, 0) is 59.5 Å². The Bertz CT molecular complexity index is 1270. The van der Waals surface area contributed by atoms with Gasteiger partial charge in [0.2, 0.25) is 11.8 Å². The molecule has 0 aliphatic carbocycles. The van der Waals surface area contributed by atoms with Gasteiger partial charge in [-0.25, -0.2) is 4.39 Å². The molecule has 6 nitrogen and oxygen atoms in total. The van der Waals surface area contributed by atoms with E-state index in [9.17, 15) is 24.2 Å². The Morgan fingerprint density at radius 1 is 1.00 bits per heavy atom. The number of hydrogen-bond donors (Lipinski definition) is 3. The van der Waals surface area contributed by atoms with E-state index in [1.165, 1.54) is 12.1 Å². The highest BCUT2D eigenvalue weighted by molar-refractivity contribution is 6.33. The number of anilines is 1. The average molecular weight is 559 g/mol. The summed E-state index contributed by atoms with van der Waals surface area (Å²) in [5.41, 5.74) is 2.82. The number of nitrogens with one attached hydrogen (secondary N) is 1. The summed E-state index contributed by atoms with van der Waals surface area (Å²) in [7, 11) is 0. The van der Waals surface area contributed by atoms with Crippen LogP contribution in [0.15, 0.2) is 66.7 Å². The van der Waals surface area contributed by atoms with Crippen LogP contribution in [-0.2, 0) is 22.4 Å². The second-order valence-electron chi connectivity index (χ2n) is 9.63. The molecule has 0 bridgehead atoms. The molecule has 0 saturated carbocycles. The normalized spacial score (nSPS) is 17.9. The Kier molecular flexibility index (Phi) is 9.39. The molecule has 1 fully saturated rings. The van der Waals surface area contributed by atoms with Gasteiger partial charge < -0.3 is 20.4 Å². The molecule has 1 heterocycles. The summed E-state index contributed by atoms with van der Waals surface area (Å²) in [6.45, 7) is 0.627. The lowest BCUT2D eigenvalue weighted by Crippen LogP contribution is -2.32. The highest BCUT2D eigenvalue weighted by atomic mass is 35.5. The molecule has 1 aliphatic heterocycles. The van der Waals surface area contributed by atoms with Crippen LogP contribution in [-0.4, -0.2) is 52.7 Å². The van der Waals surface area contributed by atoms with Gasteiger partial charge in [-0.2, -0.15) is 0 Å². The molecule has 3 N–H and O–H groups in total. The first kappa shape index (κ1) is 28.0. The fourth-order valence-corrected chi connectivity index (χ4v) is 5.08. The van der Waals surface area contributed by atoms with Gasteiger partial charge in [-0.15, -0.1) is 0 Å². The zero-order valence-electron chi connectivity index (χ0n) is 20.6. The van der Waals surface area contributed by atoms with Gasteiger partial charge in [-0.3, -0.25) is 9.59 Å². The lowest BCUT2D eigenvalue weighted by atomic mass is 9.89. The molecule has 0 radical (unpaired) electrons. The van der Waals surface area contributed by atoms with E-state index in [1.807, 2.05) is 18.2 Å². The van der Waals surface area contributed by atoms with Crippen molar-refractivity contribution in [1.82, 2.24) is 4.90 Å². The molecule has 1 saturated heterocycles. The van der Waals surface area contributed by atoms with Crippen LogP contribution in [0.3, 0.4) is 0 Å². The Labute approximate surface area is 231 Å². The molecular formula is C29H29Cl2FN2O4. The first-order valence-electron chi connectivity index (χ1n) is 12.4. The van der Waals surface area contributed by atoms with E-state index in [0.29, 0.717) is 40.8 Å². The number of amides is 2. The number of carbonyl (C=O) groups excluding carboxylic acids is 2. The number of rotatable bonds is 9. The number of aliphatic hydroxyl groups excluding tert-OH is 2. The number of hydrogen-bond acceptors (Lipinski definition) is 4. The minimum Gasteiger partial charge on any atom is -0.396 e. The van der Waals surface area contributed by atoms with Crippen molar-refractivity contribution in [3.8, 4) is 0 Å². The van der Waals surface area contributed by atoms with E-state index < -0.39 is 6.10 Å².